The monoisotopic (exact) mass is 446 g/mol. The highest BCUT2D eigenvalue weighted by atomic mass is 16.5. The van der Waals surface area contributed by atoms with Crippen LogP contribution in [-0.2, 0) is 17.8 Å². The van der Waals surface area contributed by atoms with Gasteiger partial charge in [-0.25, -0.2) is 0 Å². The number of anilines is 1. The van der Waals surface area contributed by atoms with Crippen molar-refractivity contribution in [3.8, 4) is 17.1 Å². The minimum atomic E-state index is -0.0735. The Bertz CT molecular complexity index is 1170. The Balaban J connectivity index is 1.49. The lowest BCUT2D eigenvalue weighted by molar-refractivity contribution is -0.117. The molecule has 1 aliphatic rings. The van der Waals surface area contributed by atoms with Crippen LogP contribution >= 0.6 is 0 Å². The van der Waals surface area contributed by atoms with Crippen molar-refractivity contribution in [3.63, 3.8) is 0 Å². The van der Waals surface area contributed by atoms with Crippen LogP contribution in [0.2, 0.25) is 0 Å². The van der Waals surface area contributed by atoms with Gasteiger partial charge >= 0.3 is 0 Å². The van der Waals surface area contributed by atoms with Crippen LogP contribution in [-0.4, -0.2) is 30.4 Å². The molecule has 0 atom stereocenters. The van der Waals surface area contributed by atoms with Gasteiger partial charge in [0.15, 0.2) is 0 Å². The van der Waals surface area contributed by atoms with Gasteiger partial charge < -0.3 is 19.4 Å². The Morgan fingerprint density at radius 3 is 2.64 bits per heavy atom. The lowest BCUT2D eigenvalue weighted by Gasteiger charge is -2.26. The average Bonchev–Trinajstić information content (AvgIpc) is 3.21. The number of rotatable bonds is 5. The van der Waals surface area contributed by atoms with E-state index >= 15 is 0 Å². The molecule has 4 rings (SSSR count). The quantitative estimate of drug-likeness (QED) is 0.559. The highest BCUT2D eigenvalue weighted by Gasteiger charge is 2.25. The molecule has 0 spiro atoms. The fourth-order valence-corrected chi connectivity index (χ4v) is 4.02. The van der Waals surface area contributed by atoms with Gasteiger partial charge in [0.05, 0.1) is 7.11 Å². The molecule has 0 bridgehead atoms. The smallest absolute Gasteiger partial charge is 0.254 e. The number of benzene rings is 2. The van der Waals surface area contributed by atoms with Crippen molar-refractivity contribution in [1.82, 2.24) is 4.90 Å². The standard InChI is InChI=1S/C27H30N2O4/c1-27(2,3)16-25(30)28-21-9-5-7-18(13-21)24-15-20-17-29(12-11-23(20)33-24)26(31)19-8-6-10-22(14-19)32-4/h5-10,13-15H,11-12,16-17H2,1-4H3,(H,28,30). The molecule has 0 radical (unpaired) electrons. The number of ether oxygens (including phenoxy) is 1. The van der Waals surface area contributed by atoms with Crippen LogP contribution in [0.5, 0.6) is 5.75 Å². The van der Waals surface area contributed by atoms with Gasteiger partial charge in [0, 0.05) is 48.3 Å². The van der Waals surface area contributed by atoms with E-state index in [2.05, 4.69) is 5.32 Å². The second-order valence-electron chi connectivity index (χ2n) is 9.63. The molecule has 0 unspecified atom stereocenters. The van der Waals surface area contributed by atoms with Crippen LogP contribution in [0.25, 0.3) is 11.3 Å². The Kier molecular flexibility index (Phi) is 6.27. The van der Waals surface area contributed by atoms with Crippen LogP contribution in [0.4, 0.5) is 5.69 Å². The number of fused-ring (bicyclic) bond motifs is 1. The van der Waals surface area contributed by atoms with Crippen molar-refractivity contribution >= 4 is 17.5 Å². The highest BCUT2D eigenvalue weighted by molar-refractivity contribution is 5.95. The zero-order valence-corrected chi connectivity index (χ0v) is 19.6. The van der Waals surface area contributed by atoms with Crippen LogP contribution in [0.1, 0.15) is 48.9 Å². The number of carbonyl (C=O) groups is 2. The van der Waals surface area contributed by atoms with E-state index in [9.17, 15) is 9.59 Å². The van der Waals surface area contributed by atoms with Gasteiger partial charge in [0.25, 0.3) is 5.91 Å². The van der Waals surface area contributed by atoms with Gasteiger partial charge in [-0.2, -0.15) is 0 Å². The van der Waals surface area contributed by atoms with E-state index in [0.29, 0.717) is 37.2 Å². The first kappa shape index (κ1) is 22.6. The first-order valence-electron chi connectivity index (χ1n) is 11.2. The summed E-state index contributed by atoms with van der Waals surface area (Å²) in [6.07, 6.45) is 1.11. The number of methoxy groups -OCH3 is 1. The minimum Gasteiger partial charge on any atom is -0.497 e. The Morgan fingerprint density at radius 2 is 1.88 bits per heavy atom. The molecule has 33 heavy (non-hydrogen) atoms. The van der Waals surface area contributed by atoms with Gasteiger partial charge in [-0.05, 0) is 41.8 Å². The van der Waals surface area contributed by atoms with Gasteiger partial charge in [-0.1, -0.05) is 39.0 Å². The average molecular weight is 447 g/mol. The summed E-state index contributed by atoms with van der Waals surface area (Å²) in [4.78, 5) is 27.1. The Labute approximate surface area is 194 Å². The minimum absolute atomic E-state index is 0.00918. The maximum absolute atomic E-state index is 13.0. The molecule has 1 N–H and O–H groups in total. The highest BCUT2D eigenvalue weighted by Crippen LogP contribution is 2.31. The number of carbonyl (C=O) groups excluding carboxylic acids is 2. The van der Waals surface area contributed by atoms with Crippen molar-refractivity contribution in [2.45, 2.75) is 40.2 Å². The summed E-state index contributed by atoms with van der Waals surface area (Å²) in [6, 6.07) is 16.9. The lowest BCUT2D eigenvalue weighted by atomic mass is 9.92. The molecule has 6 nitrogen and oxygen atoms in total. The SMILES string of the molecule is COc1cccc(C(=O)N2CCc3oc(-c4cccc(NC(=O)CC(C)(C)C)c4)cc3C2)c1. The fraction of sp³-hybridized carbons (Fsp3) is 0.333. The maximum Gasteiger partial charge on any atom is 0.254 e. The Morgan fingerprint density at radius 1 is 1.09 bits per heavy atom. The summed E-state index contributed by atoms with van der Waals surface area (Å²) < 4.78 is 11.4. The van der Waals surface area contributed by atoms with Crippen molar-refractivity contribution in [2.24, 2.45) is 5.41 Å². The van der Waals surface area contributed by atoms with Crippen molar-refractivity contribution < 1.29 is 18.7 Å². The predicted molar refractivity (Wildman–Crippen MR) is 128 cm³/mol. The molecular formula is C27H30N2O4. The summed E-state index contributed by atoms with van der Waals surface area (Å²) in [5.74, 6) is 2.28. The summed E-state index contributed by atoms with van der Waals surface area (Å²) in [5.41, 5.74) is 3.18. The number of furan rings is 1. The first-order valence-corrected chi connectivity index (χ1v) is 11.2. The van der Waals surface area contributed by atoms with Crippen LogP contribution in [0.15, 0.2) is 59.0 Å². The van der Waals surface area contributed by atoms with E-state index in [-0.39, 0.29) is 17.2 Å². The van der Waals surface area contributed by atoms with E-state index in [1.807, 2.05) is 68.1 Å². The summed E-state index contributed by atoms with van der Waals surface area (Å²) >= 11 is 0. The predicted octanol–water partition coefficient (Wildman–Crippen LogP) is 5.53. The third kappa shape index (κ3) is 5.45. The molecule has 172 valence electrons. The summed E-state index contributed by atoms with van der Waals surface area (Å²) in [6.45, 7) is 7.21. The lowest BCUT2D eigenvalue weighted by Crippen LogP contribution is -2.35. The molecule has 0 saturated heterocycles. The van der Waals surface area contributed by atoms with Crippen LogP contribution in [0, 0.1) is 5.41 Å². The second kappa shape index (κ2) is 9.14. The van der Waals surface area contributed by atoms with Crippen molar-refractivity contribution in [1.29, 1.82) is 0 Å². The molecular weight excluding hydrogens is 416 g/mol. The van der Waals surface area contributed by atoms with E-state index in [4.69, 9.17) is 9.15 Å². The molecule has 0 aliphatic carbocycles. The Hall–Kier alpha value is -3.54. The van der Waals surface area contributed by atoms with E-state index < -0.39 is 0 Å². The summed E-state index contributed by atoms with van der Waals surface area (Å²) in [7, 11) is 1.59. The number of nitrogens with zero attached hydrogens (tertiary/aromatic N) is 1. The van der Waals surface area contributed by atoms with Crippen LogP contribution < -0.4 is 10.1 Å². The molecule has 2 amide bonds. The van der Waals surface area contributed by atoms with Crippen molar-refractivity contribution in [3.05, 3.63) is 71.5 Å². The van der Waals surface area contributed by atoms with E-state index in [1.165, 1.54) is 0 Å². The zero-order chi connectivity index (χ0) is 23.6. The summed E-state index contributed by atoms with van der Waals surface area (Å²) in [5, 5.41) is 2.98. The van der Waals surface area contributed by atoms with E-state index in [0.717, 1.165) is 28.3 Å². The topological polar surface area (TPSA) is 71.8 Å². The molecule has 2 heterocycles. The zero-order valence-electron chi connectivity index (χ0n) is 19.6. The van der Waals surface area contributed by atoms with Crippen molar-refractivity contribution in [2.75, 3.05) is 19.0 Å². The molecule has 0 saturated carbocycles. The second-order valence-corrected chi connectivity index (χ2v) is 9.63. The van der Waals surface area contributed by atoms with E-state index in [1.54, 1.807) is 19.2 Å². The van der Waals surface area contributed by atoms with Crippen LogP contribution in [0.3, 0.4) is 0 Å². The number of nitrogens with one attached hydrogen (secondary N) is 1. The third-order valence-electron chi connectivity index (χ3n) is 5.59. The largest absolute Gasteiger partial charge is 0.497 e. The van der Waals surface area contributed by atoms with Gasteiger partial charge in [0.1, 0.15) is 17.3 Å². The number of amides is 2. The molecule has 3 aromatic rings. The molecule has 1 aromatic heterocycles. The molecule has 6 heteroatoms. The number of hydrogen-bond acceptors (Lipinski definition) is 4. The fourth-order valence-electron chi connectivity index (χ4n) is 4.02. The first-order chi connectivity index (χ1) is 15.7. The van der Waals surface area contributed by atoms with Gasteiger partial charge in [-0.15, -0.1) is 0 Å². The van der Waals surface area contributed by atoms with Gasteiger partial charge in [0.2, 0.25) is 5.91 Å². The molecule has 2 aromatic carbocycles. The maximum atomic E-state index is 13.0. The molecule has 1 aliphatic heterocycles. The third-order valence-corrected chi connectivity index (χ3v) is 5.59. The normalized spacial score (nSPS) is 13.4. The number of hydrogen-bond donors (Lipinski definition) is 1. The van der Waals surface area contributed by atoms with Gasteiger partial charge in [-0.3, -0.25) is 9.59 Å². The molecule has 0 fully saturated rings.